The van der Waals surface area contributed by atoms with E-state index in [1.165, 1.54) is 0 Å². The first-order valence-corrected chi connectivity index (χ1v) is 12.4. The van der Waals surface area contributed by atoms with Crippen LogP contribution in [0.15, 0.2) is 42.5 Å². The normalized spacial score (nSPS) is 14.6. The van der Waals surface area contributed by atoms with Gasteiger partial charge in [0.05, 0.1) is 19.2 Å². The minimum absolute atomic E-state index is 0.00130. The highest BCUT2D eigenvalue weighted by molar-refractivity contribution is 5.95. The summed E-state index contributed by atoms with van der Waals surface area (Å²) in [6.45, 7) is 1.91. The molecule has 0 aromatic heterocycles. The number of hydrogen-bond donors (Lipinski definition) is 3. The third-order valence-corrected chi connectivity index (χ3v) is 6.01. The molecule has 1 fully saturated rings. The first kappa shape index (κ1) is 30.1. The van der Waals surface area contributed by atoms with Gasteiger partial charge >= 0.3 is 0 Å². The first-order valence-electron chi connectivity index (χ1n) is 12.4. The van der Waals surface area contributed by atoms with Crippen molar-refractivity contribution in [2.75, 3.05) is 28.3 Å². The third-order valence-electron chi connectivity index (χ3n) is 6.01. The zero-order valence-corrected chi connectivity index (χ0v) is 22.6. The monoisotopic (exact) mass is 520 g/mol. The van der Waals surface area contributed by atoms with Crippen LogP contribution in [0.25, 0.3) is 0 Å². The number of carbonyl (C=O) groups excluding carboxylic acids is 4. The minimum atomic E-state index is -0.310. The number of nitrogens with one attached hydrogen (secondary N) is 3. The lowest BCUT2D eigenvalue weighted by molar-refractivity contribution is -0.125. The summed E-state index contributed by atoms with van der Waals surface area (Å²) in [5.41, 5.74) is 3.61. The van der Waals surface area contributed by atoms with Crippen LogP contribution in [0.3, 0.4) is 0 Å². The molecule has 9 nitrogen and oxygen atoms in total. The topological polar surface area (TPSA) is 117 Å². The summed E-state index contributed by atoms with van der Waals surface area (Å²) in [6, 6.07) is 13.3. The van der Waals surface area contributed by atoms with Gasteiger partial charge in [-0.05, 0) is 62.2 Å². The Kier molecular flexibility index (Phi) is 12.0. The van der Waals surface area contributed by atoms with Crippen LogP contribution >= 0.6 is 0 Å². The van der Waals surface area contributed by atoms with Gasteiger partial charge in [0.15, 0.2) is 0 Å². The Balaban J connectivity index is 0.000000308. The number of amides is 4. The second kappa shape index (κ2) is 15.2. The highest BCUT2D eigenvalue weighted by atomic mass is 16.5. The van der Waals surface area contributed by atoms with Crippen LogP contribution in [0.5, 0.6) is 5.75 Å². The fourth-order valence-corrected chi connectivity index (χ4v) is 3.73. The molecule has 0 aliphatic carbocycles. The summed E-state index contributed by atoms with van der Waals surface area (Å²) in [5, 5.41) is 8.09. The van der Waals surface area contributed by atoms with Crippen molar-refractivity contribution >= 4 is 24.1 Å². The Morgan fingerprint density at radius 2 is 1.92 bits per heavy atom. The van der Waals surface area contributed by atoms with Gasteiger partial charge in [0.1, 0.15) is 5.75 Å². The van der Waals surface area contributed by atoms with E-state index in [0.717, 1.165) is 23.1 Å². The van der Waals surface area contributed by atoms with E-state index in [9.17, 15) is 19.2 Å². The van der Waals surface area contributed by atoms with Gasteiger partial charge in [-0.2, -0.15) is 0 Å². The average Bonchev–Trinajstić information content (AvgIpc) is 3.35. The second-order valence-corrected chi connectivity index (χ2v) is 9.00. The van der Waals surface area contributed by atoms with E-state index in [1.807, 2.05) is 43.3 Å². The zero-order chi connectivity index (χ0) is 28.1. The molecule has 2 aromatic carbocycles. The second-order valence-electron chi connectivity index (χ2n) is 9.00. The van der Waals surface area contributed by atoms with Crippen LogP contribution in [0.4, 0.5) is 0 Å². The van der Waals surface area contributed by atoms with Gasteiger partial charge in [-0.25, -0.2) is 0 Å². The van der Waals surface area contributed by atoms with Crippen LogP contribution in [0, 0.1) is 18.8 Å². The summed E-state index contributed by atoms with van der Waals surface area (Å²) < 4.78 is 5.07. The summed E-state index contributed by atoms with van der Waals surface area (Å²) in [6.07, 6.45) is 2.55. The molecule has 3 N–H and O–H groups in total. The van der Waals surface area contributed by atoms with Gasteiger partial charge in [0.2, 0.25) is 18.2 Å². The highest BCUT2D eigenvalue weighted by Gasteiger charge is 2.21. The lowest BCUT2D eigenvalue weighted by Crippen LogP contribution is -2.27. The molecule has 1 heterocycles. The van der Waals surface area contributed by atoms with Gasteiger partial charge in [0.25, 0.3) is 5.91 Å². The number of methoxy groups -OCH3 is 1. The zero-order valence-electron chi connectivity index (χ0n) is 22.6. The van der Waals surface area contributed by atoms with Crippen molar-refractivity contribution in [3.05, 3.63) is 64.7 Å². The van der Waals surface area contributed by atoms with Gasteiger partial charge in [0, 0.05) is 38.1 Å². The molecule has 0 spiro atoms. The maximum absolute atomic E-state index is 11.7. The molecule has 9 heteroatoms. The Labute approximate surface area is 224 Å². The quantitative estimate of drug-likeness (QED) is 0.363. The molecular formula is C29H36N4O5. The summed E-state index contributed by atoms with van der Waals surface area (Å²) >= 11 is 0. The largest absolute Gasteiger partial charge is 0.497 e. The third kappa shape index (κ3) is 9.37. The molecule has 3 rings (SSSR count). The molecule has 4 amide bonds. The van der Waals surface area contributed by atoms with E-state index in [4.69, 9.17) is 4.74 Å². The lowest BCUT2D eigenvalue weighted by atomic mass is 10.0. The number of hydrogen-bond acceptors (Lipinski definition) is 6. The number of nitrogens with zero attached hydrogens (tertiary/aromatic N) is 1. The predicted molar refractivity (Wildman–Crippen MR) is 145 cm³/mol. The Morgan fingerprint density at radius 1 is 1.21 bits per heavy atom. The average molecular weight is 521 g/mol. The van der Waals surface area contributed by atoms with E-state index in [-0.39, 0.29) is 36.2 Å². The number of aryl methyl sites for hydroxylation is 1. The lowest BCUT2D eigenvalue weighted by Gasteiger charge is -2.13. The van der Waals surface area contributed by atoms with E-state index in [1.54, 1.807) is 39.2 Å². The number of carbonyl (C=O) groups is 4. The van der Waals surface area contributed by atoms with E-state index in [0.29, 0.717) is 30.6 Å². The first-order chi connectivity index (χ1) is 18.2. The van der Waals surface area contributed by atoms with Gasteiger partial charge in [-0.3, -0.25) is 24.5 Å². The van der Waals surface area contributed by atoms with Crippen LogP contribution in [0.1, 0.15) is 58.8 Å². The van der Waals surface area contributed by atoms with Gasteiger partial charge < -0.3 is 20.3 Å². The Morgan fingerprint density at radius 3 is 2.47 bits per heavy atom. The molecule has 1 aliphatic rings. The standard InChI is InChI=1S/C18H21N3O3.C11H15NO2/c1-19-15(8-10-17(23)20-12-22)7-4-13-2-5-14(6-3-13)16-9-11-18(24)21-16;1-8-5-6-9(14-4)7-10(8)11(13)12(2)3/h2-3,5-6,12,15-16,19H,8-11H2,1H3,(H,21,24)(H,20,22,23);5-7H,1-4H3. The van der Waals surface area contributed by atoms with Crippen molar-refractivity contribution in [2.45, 2.75) is 44.7 Å². The van der Waals surface area contributed by atoms with Crippen LogP contribution in [-0.4, -0.2) is 63.3 Å². The van der Waals surface area contributed by atoms with Crippen molar-refractivity contribution in [3.63, 3.8) is 0 Å². The molecule has 1 saturated heterocycles. The molecule has 2 aromatic rings. The summed E-state index contributed by atoms with van der Waals surface area (Å²) in [5.74, 6) is 6.65. The van der Waals surface area contributed by atoms with Crippen molar-refractivity contribution < 1.29 is 23.9 Å². The number of ether oxygens (including phenoxy) is 1. The minimum Gasteiger partial charge on any atom is -0.497 e. The van der Waals surface area contributed by atoms with E-state index < -0.39 is 0 Å². The fraction of sp³-hybridized carbons (Fsp3) is 0.379. The van der Waals surface area contributed by atoms with Crippen LogP contribution in [0.2, 0.25) is 0 Å². The maximum atomic E-state index is 11.7. The summed E-state index contributed by atoms with van der Waals surface area (Å²) in [7, 11) is 6.85. The van der Waals surface area contributed by atoms with Crippen LogP contribution in [-0.2, 0) is 14.4 Å². The summed E-state index contributed by atoms with van der Waals surface area (Å²) in [4.78, 5) is 46.0. The van der Waals surface area contributed by atoms with E-state index >= 15 is 0 Å². The van der Waals surface area contributed by atoms with E-state index in [2.05, 4.69) is 27.8 Å². The molecule has 0 radical (unpaired) electrons. The highest BCUT2D eigenvalue weighted by Crippen LogP contribution is 2.23. The molecular weight excluding hydrogens is 484 g/mol. The SMILES string of the molecule is CNC(C#Cc1ccc(C2CCC(=O)N2)cc1)CCC(=O)NC=O.COc1ccc(C)c(C(=O)N(C)C)c1. The molecule has 1 aliphatic heterocycles. The number of benzene rings is 2. The molecule has 0 bridgehead atoms. The number of rotatable bonds is 8. The van der Waals surface area contributed by atoms with Crippen molar-refractivity contribution in [1.82, 2.24) is 20.9 Å². The fourth-order valence-electron chi connectivity index (χ4n) is 3.73. The van der Waals surface area contributed by atoms with Gasteiger partial charge in [-0.1, -0.05) is 30.0 Å². The van der Waals surface area contributed by atoms with Crippen molar-refractivity contribution in [3.8, 4) is 17.6 Å². The smallest absolute Gasteiger partial charge is 0.253 e. The van der Waals surface area contributed by atoms with Gasteiger partial charge in [-0.15, -0.1) is 0 Å². The molecule has 0 saturated carbocycles. The van der Waals surface area contributed by atoms with Crippen molar-refractivity contribution in [2.24, 2.45) is 0 Å². The molecule has 2 atom stereocenters. The van der Waals surface area contributed by atoms with Crippen molar-refractivity contribution in [1.29, 1.82) is 0 Å². The number of imide groups is 1. The van der Waals surface area contributed by atoms with Crippen LogP contribution < -0.4 is 20.7 Å². The molecule has 202 valence electrons. The Hall–Kier alpha value is -4.16. The maximum Gasteiger partial charge on any atom is 0.253 e. The molecule has 38 heavy (non-hydrogen) atoms. The molecule has 2 unspecified atom stereocenters. The Bertz CT molecular complexity index is 1180. The predicted octanol–water partition coefficient (Wildman–Crippen LogP) is 2.34.